The van der Waals surface area contributed by atoms with Gasteiger partial charge in [0, 0.05) is 30.3 Å². The minimum Gasteiger partial charge on any atom is -0.375 e. The number of hydrogen-bond acceptors (Lipinski definition) is 4. The Bertz CT molecular complexity index is 343. The molecule has 0 saturated carbocycles. The SMILES string of the molecule is Cc1nc(C(C)C)sc1CC1CNCCO1. The van der Waals surface area contributed by atoms with Gasteiger partial charge in [0.05, 0.1) is 23.4 Å². The van der Waals surface area contributed by atoms with Gasteiger partial charge in [0.15, 0.2) is 0 Å². The van der Waals surface area contributed by atoms with E-state index in [1.165, 1.54) is 15.6 Å². The molecule has 1 aliphatic rings. The number of thiazole rings is 1. The maximum atomic E-state index is 5.72. The van der Waals surface area contributed by atoms with Gasteiger partial charge < -0.3 is 10.1 Å². The summed E-state index contributed by atoms with van der Waals surface area (Å²) in [5, 5.41) is 4.61. The molecule has 1 atom stereocenters. The van der Waals surface area contributed by atoms with E-state index in [4.69, 9.17) is 4.74 Å². The number of aromatic nitrogens is 1. The fourth-order valence-corrected chi connectivity index (χ4v) is 2.98. The van der Waals surface area contributed by atoms with Gasteiger partial charge in [-0.15, -0.1) is 11.3 Å². The van der Waals surface area contributed by atoms with Crippen LogP contribution in [0, 0.1) is 6.92 Å². The van der Waals surface area contributed by atoms with Crippen LogP contribution in [0.1, 0.15) is 35.3 Å². The Balaban J connectivity index is 2.02. The molecule has 1 saturated heterocycles. The second kappa shape index (κ2) is 5.25. The third-order valence-electron chi connectivity index (χ3n) is 2.82. The van der Waals surface area contributed by atoms with Crippen LogP contribution in [0.2, 0.25) is 0 Å². The van der Waals surface area contributed by atoms with Gasteiger partial charge in [-0.05, 0) is 6.92 Å². The molecule has 1 unspecified atom stereocenters. The number of morpholine rings is 1. The summed E-state index contributed by atoms with van der Waals surface area (Å²) >= 11 is 1.84. The number of nitrogens with zero attached hydrogens (tertiary/aromatic N) is 1. The van der Waals surface area contributed by atoms with Crippen molar-refractivity contribution in [1.82, 2.24) is 10.3 Å². The van der Waals surface area contributed by atoms with E-state index >= 15 is 0 Å². The van der Waals surface area contributed by atoms with Gasteiger partial charge in [-0.2, -0.15) is 0 Å². The van der Waals surface area contributed by atoms with Crippen LogP contribution in [-0.2, 0) is 11.2 Å². The largest absolute Gasteiger partial charge is 0.375 e. The van der Waals surface area contributed by atoms with Gasteiger partial charge >= 0.3 is 0 Å². The summed E-state index contributed by atoms with van der Waals surface area (Å²) in [4.78, 5) is 6.00. The van der Waals surface area contributed by atoms with Crippen LogP contribution in [-0.4, -0.2) is 30.8 Å². The molecule has 4 heteroatoms. The van der Waals surface area contributed by atoms with E-state index in [0.717, 1.165) is 26.1 Å². The van der Waals surface area contributed by atoms with Crippen molar-refractivity contribution >= 4 is 11.3 Å². The van der Waals surface area contributed by atoms with Gasteiger partial charge in [-0.3, -0.25) is 0 Å². The third-order valence-corrected chi connectivity index (χ3v) is 4.30. The highest BCUT2D eigenvalue weighted by atomic mass is 32.1. The standard InChI is InChI=1S/C12H20N2OS/c1-8(2)12-14-9(3)11(16-12)6-10-7-13-4-5-15-10/h8,10,13H,4-7H2,1-3H3. The Labute approximate surface area is 101 Å². The molecule has 0 radical (unpaired) electrons. The Hall–Kier alpha value is -0.450. The van der Waals surface area contributed by atoms with Gasteiger partial charge in [0.1, 0.15) is 0 Å². The van der Waals surface area contributed by atoms with Crippen molar-refractivity contribution in [2.24, 2.45) is 0 Å². The lowest BCUT2D eigenvalue weighted by atomic mass is 10.2. The molecule has 1 fully saturated rings. The van der Waals surface area contributed by atoms with Crippen LogP contribution in [0.3, 0.4) is 0 Å². The van der Waals surface area contributed by atoms with E-state index in [1.54, 1.807) is 0 Å². The molecule has 0 bridgehead atoms. The smallest absolute Gasteiger partial charge is 0.0956 e. The van der Waals surface area contributed by atoms with Crippen LogP contribution >= 0.6 is 11.3 Å². The monoisotopic (exact) mass is 240 g/mol. The Morgan fingerprint density at radius 3 is 2.94 bits per heavy atom. The number of nitrogens with one attached hydrogen (secondary N) is 1. The van der Waals surface area contributed by atoms with Crippen LogP contribution in [0.5, 0.6) is 0 Å². The highest BCUT2D eigenvalue weighted by Crippen LogP contribution is 2.26. The van der Waals surface area contributed by atoms with Crippen LogP contribution in [0.15, 0.2) is 0 Å². The number of aryl methyl sites for hydroxylation is 1. The fraction of sp³-hybridized carbons (Fsp3) is 0.750. The quantitative estimate of drug-likeness (QED) is 0.878. The molecule has 1 aromatic heterocycles. The van der Waals surface area contributed by atoms with Gasteiger partial charge in [-0.1, -0.05) is 13.8 Å². The van der Waals surface area contributed by atoms with Crippen LogP contribution in [0.25, 0.3) is 0 Å². The molecule has 1 N–H and O–H groups in total. The average Bonchev–Trinajstić information content (AvgIpc) is 2.62. The number of ether oxygens (including phenoxy) is 1. The van der Waals surface area contributed by atoms with Crippen molar-refractivity contribution in [3.63, 3.8) is 0 Å². The topological polar surface area (TPSA) is 34.2 Å². The highest BCUT2D eigenvalue weighted by molar-refractivity contribution is 7.11. The molecule has 1 aliphatic heterocycles. The molecule has 1 aromatic rings. The van der Waals surface area contributed by atoms with E-state index in [0.29, 0.717) is 12.0 Å². The lowest BCUT2D eigenvalue weighted by Crippen LogP contribution is -2.39. The van der Waals surface area contributed by atoms with E-state index in [2.05, 4.69) is 31.1 Å². The average molecular weight is 240 g/mol. The maximum absolute atomic E-state index is 5.72. The van der Waals surface area contributed by atoms with E-state index in [9.17, 15) is 0 Å². The summed E-state index contributed by atoms with van der Waals surface area (Å²) in [6.07, 6.45) is 1.33. The number of hydrogen-bond donors (Lipinski definition) is 1. The first-order valence-electron chi connectivity index (χ1n) is 5.95. The minimum atomic E-state index is 0.327. The molecule has 0 aliphatic carbocycles. The summed E-state index contributed by atoms with van der Waals surface area (Å²) in [5.74, 6) is 0.530. The third kappa shape index (κ3) is 2.81. The molecule has 0 amide bonds. The maximum Gasteiger partial charge on any atom is 0.0956 e. The zero-order valence-corrected chi connectivity index (χ0v) is 11.1. The molecule has 2 rings (SSSR count). The first kappa shape index (κ1) is 12.0. The predicted octanol–water partition coefficient (Wildman–Crippen LogP) is 2.11. The second-order valence-corrected chi connectivity index (χ2v) is 5.73. The first-order chi connectivity index (χ1) is 7.66. The molecule has 90 valence electrons. The van der Waals surface area contributed by atoms with Crippen molar-refractivity contribution in [2.75, 3.05) is 19.7 Å². The number of rotatable bonds is 3. The van der Waals surface area contributed by atoms with Crippen molar-refractivity contribution in [2.45, 2.75) is 39.2 Å². The van der Waals surface area contributed by atoms with Gasteiger partial charge in [0.25, 0.3) is 0 Å². The Morgan fingerprint density at radius 2 is 2.38 bits per heavy atom. The minimum absolute atomic E-state index is 0.327. The molecule has 16 heavy (non-hydrogen) atoms. The van der Waals surface area contributed by atoms with Crippen molar-refractivity contribution in [1.29, 1.82) is 0 Å². The summed E-state index contributed by atoms with van der Waals surface area (Å²) in [6, 6.07) is 0. The normalized spacial score (nSPS) is 21.6. The summed E-state index contributed by atoms with van der Waals surface area (Å²) in [6.45, 7) is 9.28. The van der Waals surface area contributed by atoms with E-state index in [1.807, 2.05) is 11.3 Å². The van der Waals surface area contributed by atoms with E-state index < -0.39 is 0 Å². The Morgan fingerprint density at radius 1 is 1.56 bits per heavy atom. The van der Waals surface area contributed by atoms with Crippen molar-refractivity contribution < 1.29 is 4.74 Å². The molecule has 0 spiro atoms. The lowest BCUT2D eigenvalue weighted by molar-refractivity contribution is 0.0296. The summed E-state index contributed by atoms with van der Waals surface area (Å²) < 4.78 is 5.72. The second-order valence-electron chi connectivity index (χ2n) is 4.62. The Kier molecular flexibility index (Phi) is 3.95. The molecule has 2 heterocycles. The molecule has 3 nitrogen and oxygen atoms in total. The highest BCUT2D eigenvalue weighted by Gasteiger charge is 2.18. The lowest BCUT2D eigenvalue weighted by Gasteiger charge is -2.23. The molecular formula is C12H20N2OS. The zero-order valence-electron chi connectivity index (χ0n) is 10.2. The molecule has 0 aromatic carbocycles. The summed E-state index contributed by atoms with van der Waals surface area (Å²) in [5.41, 5.74) is 1.18. The molecular weight excluding hydrogens is 220 g/mol. The predicted molar refractivity (Wildman–Crippen MR) is 67.3 cm³/mol. The van der Waals surface area contributed by atoms with Crippen LogP contribution < -0.4 is 5.32 Å². The van der Waals surface area contributed by atoms with Crippen molar-refractivity contribution in [3.05, 3.63) is 15.6 Å². The van der Waals surface area contributed by atoms with Crippen LogP contribution in [0.4, 0.5) is 0 Å². The summed E-state index contributed by atoms with van der Waals surface area (Å²) in [7, 11) is 0. The van der Waals surface area contributed by atoms with Crippen molar-refractivity contribution in [3.8, 4) is 0 Å². The first-order valence-corrected chi connectivity index (χ1v) is 6.77. The van der Waals surface area contributed by atoms with E-state index in [-0.39, 0.29) is 0 Å². The van der Waals surface area contributed by atoms with Gasteiger partial charge in [0.2, 0.25) is 0 Å². The zero-order chi connectivity index (χ0) is 11.5. The van der Waals surface area contributed by atoms with Gasteiger partial charge in [-0.25, -0.2) is 4.98 Å². The fourth-order valence-electron chi connectivity index (χ4n) is 1.84.